The van der Waals surface area contributed by atoms with Crippen LogP contribution in [0.5, 0.6) is 0 Å². The second-order valence-electron chi connectivity index (χ2n) is 3.87. The van der Waals surface area contributed by atoms with Crippen molar-refractivity contribution in [3.63, 3.8) is 0 Å². The van der Waals surface area contributed by atoms with Crippen LogP contribution in [0, 0.1) is 28.8 Å². The number of anilines is 1. The molecule has 1 aliphatic rings. The van der Waals surface area contributed by atoms with Gasteiger partial charge in [0.15, 0.2) is 0 Å². The maximum absolute atomic E-state index is 11.8. The van der Waals surface area contributed by atoms with Gasteiger partial charge in [-0.2, -0.15) is 0 Å². The molecule has 1 amide bonds. The van der Waals surface area contributed by atoms with E-state index in [-0.39, 0.29) is 11.8 Å². The van der Waals surface area contributed by atoms with Crippen molar-refractivity contribution in [3.8, 4) is 12.3 Å². The van der Waals surface area contributed by atoms with Gasteiger partial charge >= 0.3 is 0 Å². The van der Waals surface area contributed by atoms with Crippen molar-refractivity contribution in [1.82, 2.24) is 4.98 Å². The van der Waals surface area contributed by atoms with Crippen LogP contribution < -0.4 is 4.90 Å². The number of carbonyl (C=O) groups is 1. The van der Waals surface area contributed by atoms with E-state index >= 15 is 0 Å². The predicted molar refractivity (Wildman–Crippen MR) is 71.0 cm³/mol. The molecule has 0 spiro atoms. The number of rotatable bonds is 1. The third-order valence-electron chi connectivity index (χ3n) is 2.63. The Hall–Kier alpha value is -1.09. The van der Waals surface area contributed by atoms with Crippen LogP contribution in [0.3, 0.4) is 0 Å². The van der Waals surface area contributed by atoms with E-state index < -0.39 is 0 Å². The minimum absolute atomic E-state index is 0.0213. The van der Waals surface area contributed by atoms with Gasteiger partial charge < -0.3 is 0 Å². The Bertz CT molecular complexity index is 478. The van der Waals surface area contributed by atoms with E-state index in [9.17, 15) is 4.79 Å². The van der Waals surface area contributed by atoms with E-state index in [0.29, 0.717) is 13.0 Å². The van der Waals surface area contributed by atoms with Crippen LogP contribution in [-0.2, 0) is 4.79 Å². The number of hydrogen-bond acceptors (Lipinski definition) is 2. The SMILES string of the molecule is C#CC1CC(=O)N(c2ncc(I)cc2C)C1. The normalized spacial score (nSPS) is 19.9. The fourth-order valence-electron chi connectivity index (χ4n) is 1.84. The highest BCUT2D eigenvalue weighted by Gasteiger charge is 2.30. The molecular weight excluding hydrogens is 315 g/mol. The number of carbonyl (C=O) groups excluding carboxylic acids is 1. The maximum Gasteiger partial charge on any atom is 0.229 e. The van der Waals surface area contributed by atoms with Crippen molar-refractivity contribution in [2.45, 2.75) is 13.3 Å². The second-order valence-corrected chi connectivity index (χ2v) is 5.11. The molecule has 1 atom stereocenters. The van der Waals surface area contributed by atoms with Gasteiger partial charge in [0.2, 0.25) is 5.91 Å². The minimum Gasteiger partial charge on any atom is -0.295 e. The lowest BCUT2D eigenvalue weighted by atomic mass is 10.1. The van der Waals surface area contributed by atoms with E-state index in [2.05, 4.69) is 33.5 Å². The molecule has 0 aromatic carbocycles. The lowest BCUT2D eigenvalue weighted by molar-refractivity contribution is -0.117. The molecule has 0 saturated carbocycles. The van der Waals surface area contributed by atoms with Gasteiger partial charge in [-0.15, -0.1) is 12.3 Å². The fourth-order valence-corrected chi connectivity index (χ4v) is 2.45. The molecule has 2 rings (SSSR count). The van der Waals surface area contributed by atoms with Crippen LogP contribution in [0.15, 0.2) is 12.3 Å². The molecule has 0 bridgehead atoms. The molecule has 0 N–H and O–H groups in total. The van der Waals surface area contributed by atoms with Crippen LogP contribution in [0.1, 0.15) is 12.0 Å². The predicted octanol–water partition coefficient (Wildman–Crippen LogP) is 1.98. The Morgan fingerprint density at radius 2 is 2.44 bits per heavy atom. The Labute approximate surface area is 108 Å². The molecule has 3 nitrogen and oxygen atoms in total. The lowest BCUT2D eigenvalue weighted by Crippen LogP contribution is -2.26. The largest absolute Gasteiger partial charge is 0.295 e. The van der Waals surface area contributed by atoms with Crippen LogP contribution in [0.4, 0.5) is 5.82 Å². The van der Waals surface area contributed by atoms with Gasteiger partial charge in [-0.3, -0.25) is 9.69 Å². The van der Waals surface area contributed by atoms with E-state index in [1.807, 2.05) is 13.0 Å². The summed E-state index contributed by atoms with van der Waals surface area (Å²) in [6.07, 6.45) is 7.55. The Kier molecular flexibility index (Phi) is 3.15. The van der Waals surface area contributed by atoms with E-state index in [4.69, 9.17) is 6.42 Å². The number of halogens is 1. The van der Waals surface area contributed by atoms with Crippen LogP contribution in [0.2, 0.25) is 0 Å². The van der Waals surface area contributed by atoms with Crippen molar-refractivity contribution in [2.24, 2.45) is 5.92 Å². The molecule has 1 aliphatic heterocycles. The fraction of sp³-hybridized carbons (Fsp3) is 0.333. The number of aromatic nitrogens is 1. The van der Waals surface area contributed by atoms with Crippen molar-refractivity contribution in [2.75, 3.05) is 11.4 Å². The highest BCUT2D eigenvalue weighted by molar-refractivity contribution is 14.1. The molecule has 0 radical (unpaired) electrons. The first-order valence-corrected chi connectivity index (χ1v) is 6.08. The van der Waals surface area contributed by atoms with E-state index in [1.165, 1.54) is 0 Å². The van der Waals surface area contributed by atoms with Gasteiger partial charge in [0.05, 0.1) is 0 Å². The average Bonchev–Trinajstić information content (AvgIpc) is 2.60. The van der Waals surface area contributed by atoms with Crippen molar-refractivity contribution in [3.05, 3.63) is 21.4 Å². The summed E-state index contributed by atoms with van der Waals surface area (Å²) in [5.74, 6) is 3.46. The monoisotopic (exact) mass is 326 g/mol. The number of nitrogens with zero attached hydrogens (tertiary/aromatic N) is 2. The third kappa shape index (κ3) is 2.05. The molecule has 16 heavy (non-hydrogen) atoms. The number of pyridine rings is 1. The standard InChI is InChI=1S/C12H11IN2O/c1-3-9-5-11(16)15(7-9)12-8(2)4-10(13)6-14-12/h1,4,6,9H,5,7H2,2H3. The van der Waals surface area contributed by atoms with Crippen molar-refractivity contribution < 1.29 is 4.79 Å². The summed E-state index contributed by atoms with van der Waals surface area (Å²) in [7, 11) is 0. The molecule has 82 valence electrons. The summed E-state index contributed by atoms with van der Waals surface area (Å²) in [5.41, 5.74) is 1.01. The molecule has 1 aromatic rings. The summed E-state index contributed by atoms with van der Waals surface area (Å²) in [5, 5.41) is 0. The summed E-state index contributed by atoms with van der Waals surface area (Å²) >= 11 is 2.20. The zero-order chi connectivity index (χ0) is 11.7. The molecule has 2 heterocycles. The number of terminal acetylenes is 1. The third-order valence-corrected chi connectivity index (χ3v) is 3.22. The van der Waals surface area contributed by atoms with Crippen LogP contribution in [0.25, 0.3) is 0 Å². The minimum atomic E-state index is 0.0213. The average molecular weight is 326 g/mol. The van der Waals surface area contributed by atoms with Crippen molar-refractivity contribution >= 4 is 34.3 Å². The Morgan fingerprint density at radius 3 is 3.00 bits per heavy atom. The van der Waals surface area contributed by atoms with E-state index in [1.54, 1.807) is 11.1 Å². The first kappa shape index (κ1) is 11.4. The first-order chi connectivity index (χ1) is 7.61. The zero-order valence-corrected chi connectivity index (χ0v) is 11.1. The lowest BCUT2D eigenvalue weighted by Gasteiger charge is -2.17. The number of hydrogen-bond donors (Lipinski definition) is 0. The summed E-state index contributed by atoms with van der Waals surface area (Å²) in [4.78, 5) is 17.8. The topological polar surface area (TPSA) is 33.2 Å². The Morgan fingerprint density at radius 1 is 1.69 bits per heavy atom. The van der Waals surface area contributed by atoms with Gasteiger partial charge in [-0.1, -0.05) is 0 Å². The maximum atomic E-state index is 11.8. The molecule has 0 aliphatic carbocycles. The highest BCUT2D eigenvalue weighted by Crippen LogP contribution is 2.26. The van der Waals surface area contributed by atoms with Crippen LogP contribution in [-0.4, -0.2) is 17.4 Å². The van der Waals surface area contributed by atoms with Gasteiger partial charge in [0.1, 0.15) is 5.82 Å². The molecular formula is C12H11IN2O. The molecule has 4 heteroatoms. The van der Waals surface area contributed by atoms with Crippen molar-refractivity contribution in [1.29, 1.82) is 0 Å². The first-order valence-electron chi connectivity index (χ1n) is 5.00. The van der Waals surface area contributed by atoms with Crippen LogP contribution >= 0.6 is 22.6 Å². The molecule has 1 aromatic heterocycles. The molecule has 1 fully saturated rings. The quantitative estimate of drug-likeness (QED) is 0.584. The highest BCUT2D eigenvalue weighted by atomic mass is 127. The molecule has 1 unspecified atom stereocenters. The summed E-state index contributed by atoms with van der Waals surface area (Å²) < 4.78 is 1.07. The summed E-state index contributed by atoms with van der Waals surface area (Å²) in [6, 6.07) is 2.01. The summed E-state index contributed by atoms with van der Waals surface area (Å²) in [6.45, 7) is 2.55. The van der Waals surface area contributed by atoms with Gasteiger partial charge in [0.25, 0.3) is 0 Å². The van der Waals surface area contributed by atoms with Gasteiger partial charge in [-0.25, -0.2) is 4.98 Å². The van der Waals surface area contributed by atoms with Gasteiger partial charge in [-0.05, 0) is 41.1 Å². The smallest absolute Gasteiger partial charge is 0.229 e. The second kappa shape index (κ2) is 4.42. The zero-order valence-electron chi connectivity index (χ0n) is 8.90. The number of amides is 1. The van der Waals surface area contributed by atoms with E-state index in [0.717, 1.165) is 15.0 Å². The van der Waals surface area contributed by atoms with Gasteiger partial charge in [0, 0.05) is 28.7 Å². The molecule has 1 saturated heterocycles. The Balaban J connectivity index is 2.32. The number of aryl methyl sites for hydroxylation is 1.